The maximum Gasteiger partial charge on any atom is 0.0702 e. The molecular formula is C15H20N2. The van der Waals surface area contributed by atoms with Crippen molar-refractivity contribution in [1.82, 2.24) is 10.3 Å². The predicted molar refractivity (Wildman–Crippen MR) is 73.2 cm³/mol. The van der Waals surface area contributed by atoms with Crippen LogP contribution < -0.4 is 5.32 Å². The average Bonchev–Trinajstić information content (AvgIpc) is 2.36. The standard InChI is InChI=1S/C15H20N2/c1-3-16-10-12(2)8-13-9-14-6-4-5-7-15(14)17-11-13/h4-7,9,11-12,16H,3,8,10H2,1-2H3. The molecule has 90 valence electrons. The largest absolute Gasteiger partial charge is 0.317 e. The maximum absolute atomic E-state index is 4.49. The smallest absolute Gasteiger partial charge is 0.0702 e. The Morgan fingerprint density at radius 1 is 1.29 bits per heavy atom. The van der Waals surface area contributed by atoms with Gasteiger partial charge in [-0.3, -0.25) is 4.98 Å². The molecule has 0 saturated heterocycles. The Labute approximate surface area is 103 Å². The first-order valence-corrected chi connectivity index (χ1v) is 6.34. The van der Waals surface area contributed by atoms with Crippen molar-refractivity contribution in [2.24, 2.45) is 5.92 Å². The van der Waals surface area contributed by atoms with Crippen molar-refractivity contribution in [3.63, 3.8) is 0 Å². The molecule has 1 atom stereocenters. The summed E-state index contributed by atoms with van der Waals surface area (Å²) in [5.74, 6) is 0.651. The summed E-state index contributed by atoms with van der Waals surface area (Å²) in [5.41, 5.74) is 2.41. The van der Waals surface area contributed by atoms with Crippen molar-refractivity contribution in [1.29, 1.82) is 0 Å². The van der Waals surface area contributed by atoms with Crippen molar-refractivity contribution in [2.75, 3.05) is 13.1 Å². The lowest BCUT2D eigenvalue weighted by Crippen LogP contribution is -2.21. The molecule has 0 fully saturated rings. The first-order valence-electron chi connectivity index (χ1n) is 6.34. The van der Waals surface area contributed by atoms with Crippen LogP contribution in [0.2, 0.25) is 0 Å². The minimum Gasteiger partial charge on any atom is -0.317 e. The molecule has 0 radical (unpaired) electrons. The van der Waals surface area contributed by atoms with Crippen LogP contribution in [-0.4, -0.2) is 18.1 Å². The minimum absolute atomic E-state index is 0.651. The van der Waals surface area contributed by atoms with Crippen LogP contribution in [0.1, 0.15) is 19.4 Å². The Morgan fingerprint density at radius 3 is 2.94 bits per heavy atom. The summed E-state index contributed by atoms with van der Waals surface area (Å²) in [6.45, 7) is 6.53. The van der Waals surface area contributed by atoms with E-state index in [-0.39, 0.29) is 0 Å². The van der Waals surface area contributed by atoms with E-state index in [9.17, 15) is 0 Å². The number of aromatic nitrogens is 1. The van der Waals surface area contributed by atoms with Gasteiger partial charge in [-0.25, -0.2) is 0 Å². The van der Waals surface area contributed by atoms with E-state index in [1.165, 1.54) is 10.9 Å². The average molecular weight is 228 g/mol. The Kier molecular flexibility index (Phi) is 4.10. The minimum atomic E-state index is 0.651. The van der Waals surface area contributed by atoms with Gasteiger partial charge < -0.3 is 5.32 Å². The SMILES string of the molecule is CCNCC(C)Cc1cnc2ccccc2c1. The molecule has 0 aliphatic rings. The normalized spacial score (nSPS) is 12.8. The van der Waals surface area contributed by atoms with Gasteiger partial charge in [0.15, 0.2) is 0 Å². The van der Waals surface area contributed by atoms with Crippen molar-refractivity contribution in [2.45, 2.75) is 20.3 Å². The fraction of sp³-hybridized carbons (Fsp3) is 0.400. The van der Waals surface area contributed by atoms with Crippen LogP contribution >= 0.6 is 0 Å². The fourth-order valence-corrected chi connectivity index (χ4v) is 2.09. The third-order valence-electron chi connectivity index (χ3n) is 2.97. The number of fused-ring (bicyclic) bond motifs is 1. The van der Waals surface area contributed by atoms with E-state index in [0.717, 1.165) is 25.0 Å². The molecule has 0 spiro atoms. The first-order chi connectivity index (χ1) is 8.29. The van der Waals surface area contributed by atoms with E-state index in [1.54, 1.807) is 0 Å². The second-order valence-corrected chi connectivity index (χ2v) is 4.65. The van der Waals surface area contributed by atoms with Gasteiger partial charge in [-0.05, 0) is 43.1 Å². The molecule has 0 aliphatic heterocycles. The van der Waals surface area contributed by atoms with E-state index in [1.807, 2.05) is 12.3 Å². The van der Waals surface area contributed by atoms with Crippen LogP contribution in [0.15, 0.2) is 36.5 Å². The molecule has 0 aliphatic carbocycles. The molecule has 1 aromatic heterocycles. The highest BCUT2D eigenvalue weighted by molar-refractivity contribution is 5.78. The molecule has 1 aromatic carbocycles. The third-order valence-corrected chi connectivity index (χ3v) is 2.97. The van der Waals surface area contributed by atoms with Gasteiger partial charge in [-0.2, -0.15) is 0 Å². The molecule has 1 unspecified atom stereocenters. The van der Waals surface area contributed by atoms with Crippen LogP contribution in [0, 0.1) is 5.92 Å². The van der Waals surface area contributed by atoms with Crippen molar-refractivity contribution < 1.29 is 0 Å². The molecule has 17 heavy (non-hydrogen) atoms. The topological polar surface area (TPSA) is 24.9 Å². The van der Waals surface area contributed by atoms with E-state index < -0.39 is 0 Å². The number of nitrogens with one attached hydrogen (secondary N) is 1. The van der Waals surface area contributed by atoms with E-state index in [4.69, 9.17) is 0 Å². The molecule has 0 saturated carbocycles. The van der Waals surface area contributed by atoms with Gasteiger partial charge in [0.1, 0.15) is 0 Å². The van der Waals surface area contributed by atoms with Gasteiger partial charge in [-0.15, -0.1) is 0 Å². The summed E-state index contributed by atoms with van der Waals surface area (Å²) >= 11 is 0. The van der Waals surface area contributed by atoms with Crippen molar-refractivity contribution in [3.8, 4) is 0 Å². The number of hydrogen-bond acceptors (Lipinski definition) is 2. The van der Waals surface area contributed by atoms with Gasteiger partial charge >= 0.3 is 0 Å². The quantitative estimate of drug-likeness (QED) is 0.851. The summed E-state index contributed by atoms with van der Waals surface area (Å²) in [7, 11) is 0. The molecule has 1 N–H and O–H groups in total. The highest BCUT2D eigenvalue weighted by atomic mass is 14.8. The zero-order valence-corrected chi connectivity index (χ0v) is 10.6. The number of nitrogens with zero attached hydrogens (tertiary/aromatic N) is 1. The number of pyridine rings is 1. The summed E-state index contributed by atoms with van der Waals surface area (Å²) in [5, 5.41) is 4.62. The summed E-state index contributed by atoms with van der Waals surface area (Å²) in [6.07, 6.45) is 3.09. The summed E-state index contributed by atoms with van der Waals surface area (Å²) < 4.78 is 0. The molecule has 2 rings (SSSR count). The first kappa shape index (κ1) is 12.1. The van der Waals surface area contributed by atoms with E-state index >= 15 is 0 Å². The van der Waals surface area contributed by atoms with Gasteiger partial charge in [0.25, 0.3) is 0 Å². The highest BCUT2D eigenvalue weighted by Crippen LogP contribution is 2.15. The molecule has 0 amide bonds. The fourth-order valence-electron chi connectivity index (χ4n) is 2.09. The Balaban J connectivity index is 2.08. The van der Waals surface area contributed by atoms with Gasteiger partial charge in [0.05, 0.1) is 5.52 Å². The molecular weight excluding hydrogens is 208 g/mol. The maximum atomic E-state index is 4.49. The summed E-state index contributed by atoms with van der Waals surface area (Å²) in [6, 6.07) is 10.5. The van der Waals surface area contributed by atoms with Gasteiger partial charge in [0, 0.05) is 11.6 Å². The van der Waals surface area contributed by atoms with Gasteiger partial charge in [-0.1, -0.05) is 32.0 Å². The number of rotatable bonds is 5. The molecule has 2 nitrogen and oxygen atoms in total. The Bertz CT molecular complexity index is 479. The van der Waals surface area contributed by atoms with Crippen LogP contribution in [0.3, 0.4) is 0 Å². The third kappa shape index (κ3) is 3.27. The Hall–Kier alpha value is -1.41. The molecule has 0 bridgehead atoms. The lowest BCUT2D eigenvalue weighted by atomic mass is 10.0. The molecule has 2 aromatic rings. The van der Waals surface area contributed by atoms with Crippen LogP contribution in [-0.2, 0) is 6.42 Å². The lowest BCUT2D eigenvalue weighted by molar-refractivity contribution is 0.521. The number of para-hydroxylation sites is 1. The second-order valence-electron chi connectivity index (χ2n) is 4.65. The number of hydrogen-bond donors (Lipinski definition) is 1. The second kappa shape index (κ2) is 5.78. The van der Waals surface area contributed by atoms with E-state index in [0.29, 0.717) is 5.92 Å². The summed E-state index contributed by atoms with van der Waals surface area (Å²) in [4.78, 5) is 4.49. The lowest BCUT2D eigenvalue weighted by Gasteiger charge is -2.11. The van der Waals surface area contributed by atoms with Crippen LogP contribution in [0.25, 0.3) is 10.9 Å². The predicted octanol–water partition coefficient (Wildman–Crippen LogP) is 3.02. The number of benzene rings is 1. The molecule has 1 heterocycles. The van der Waals surface area contributed by atoms with Crippen molar-refractivity contribution in [3.05, 3.63) is 42.1 Å². The zero-order chi connectivity index (χ0) is 12.1. The van der Waals surface area contributed by atoms with Gasteiger partial charge in [0.2, 0.25) is 0 Å². The zero-order valence-electron chi connectivity index (χ0n) is 10.6. The van der Waals surface area contributed by atoms with Crippen molar-refractivity contribution >= 4 is 10.9 Å². The monoisotopic (exact) mass is 228 g/mol. The Morgan fingerprint density at radius 2 is 2.12 bits per heavy atom. The van der Waals surface area contributed by atoms with Crippen LogP contribution in [0.5, 0.6) is 0 Å². The van der Waals surface area contributed by atoms with Crippen LogP contribution in [0.4, 0.5) is 0 Å². The highest BCUT2D eigenvalue weighted by Gasteiger charge is 2.04. The van der Waals surface area contributed by atoms with E-state index in [2.05, 4.69) is 48.4 Å². The molecule has 2 heteroatoms.